The summed E-state index contributed by atoms with van der Waals surface area (Å²) in [5.74, 6) is -0.882. The fourth-order valence-corrected chi connectivity index (χ4v) is 1.15. The van der Waals surface area contributed by atoms with Crippen LogP contribution in [0.3, 0.4) is 0 Å². The molecule has 0 saturated heterocycles. The van der Waals surface area contributed by atoms with Gasteiger partial charge in [0.1, 0.15) is 6.04 Å². The highest BCUT2D eigenvalue weighted by atomic mass is 16.4. The Kier molecular flexibility index (Phi) is 6.68. The SMILES string of the molecule is CC(CNC(=O)NC(CCO)C(=O)O)C(C)(C)C. The lowest BCUT2D eigenvalue weighted by molar-refractivity contribution is -0.139. The van der Waals surface area contributed by atoms with Gasteiger partial charge in [0.05, 0.1) is 0 Å². The van der Waals surface area contributed by atoms with Crippen LogP contribution >= 0.6 is 0 Å². The van der Waals surface area contributed by atoms with E-state index in [1.807, 2.05) is 6.92 Å². The van der Waals surface area contributed by atoms with E-state index < -0.39 is 18.0 Å². The van der Waals surface area contributed by atoms with Gasteiger partial charge in [-0.15, -0.1) is 0 Å². The molecule has 0 spiro atoms. The summed E-state index contributed by atoms with van der Waals surface area (Å²) in [4.78, 5) is 22.3. The molecule has 18 heavy (non-hydrogen) atoms. The molecule has 106 valence electrons. The summed E-state index contributed by atoms with van der Waals surface area (Å²) >= 11 is 0. The molecule has 2 atom stereocenters. The maximum absolute atomic E-state index is 11.5. The molecule has 0 aromatic carbocycles. The van der Waals surface area contributed by atoms with Crippen molar-refractivity contribution in [1.82, 2.24) is 10.6 Å². The predicted octanol–water partition coefficient (Wildman–Crippen LogP) is 0.803. The van der Waals surface area contributed by atoms with Crippen molar-refractivity contribution in [2.75, 3.05) is 13.2 Å². The van der Waals surface area contributed by atoms with E-state index in [2.05, 4.69) is 31.4 Å². The van der Waals surface area contributed by atoms with Gasteiger partial charge in [0.15, 0.2) is 0 Å². The van der Waals surface area contributed by atoms with Crippen LogP contribution in [0.1, 0.15) is 34.1 Å². The van der Waals surface area contributed by atoms with Crippen LogP contribution in [0.4, 0.5) is 4.79 Å². The molecule has 0 heterocycles. The zero-order chi connectivity index (χ0) is 14.3. The normalized spacial score (nSPS) is 14.7. The van der Waals surface area contributed by atoms with Crippen molar-refractivity contribution in [2.45, 2.75) is 40.2 Å². The molecule has 2 amide bonds. The number of rotatable bonds is 6. The van der Waals surface area contributed by atoms with Crippen molar-refractivity contribution >= 4 is 12.0 Å². The van der Waals surface area contributed by atoms with Gasteiger partial charge in [0.25, 0.3) is 0 Å². The van der Waals surface area contributed by atoms with E-state index in [1.165, 1.54) is 0 Å². The zero-order valence-electron chi connectivity index (χ0n) is 11.5. The van der Waals surface area contributed by atoms with Gasteiger partial charge in [0, 0.05) is 19.6 Å². The Balaban J connectivity index is 4.14. The van der Waals surface area contributed by atoms with Crippen LogP contribution in [-0.2, 0) is 4.79 Å². The Hall–Kier alpha value is -1.30. The second kappa shape index (κ2) is 7.20. The third-order valence-corrected chi connectivity index (χ3v) is 3.07. The number of carbonyl (C=O) groups is 2. The fraction of sp³-hybridized carbons (Fsp3) is 0.833. The fourth-order valence-electron chi connectivity index (χ4n) is 1.15. The highest BCUT2D eigenvalue weighted by molar-refractivity contribution is 5.82. The van der Waals surface area contributed by atoms with E-state index in [-0.39, 0.29) is 24.4 Å². The maximum Gasteiger partial charge on any atom is 0.326 e. The lowest BCUT2D eigenvalue weighted by atomic mass is 9.82. The molecule has 0 rings (SSSR count). The molecule has 2 unspecified atom stereocenters. The Morgan fingerprint density at radius 3 is 2.22 bits per heavy atom. The smallest absolute Gasteiger partial charge is 0.326 e. The molecule has 0 aliphatic rings. The summed E-state index contributed by atoms with van der Waals surface area (Å²) in [6.07, 6.45) is -0.00240. The van der Waals surface area contributed by atoms with Crippen LogP contribution in [0, 0.1) is 11.3 Å². The standard InChI is InChI=1S/C12H24N2O4/c1-8(12(2,3)4)7-13-11(18)14-9(5-6-15)10(16)17/h8-9,15H,5-7H2,1-4H3,(H,16,17)(H2,13,14,18). The van der Waals surface area contributed by atoms with Crippen LogP contribution in [0.5, 0.6) is 0 Å². The molecule has 6 nitrogen and oxygen atoms in total. The van der Waals surface area contributed by atoms with Crippen molar-refractivity contribution in [3.63, 3.8) is 0 Å². The van der Waals surface area contributed by atoms with Crippen LogP contribution in [0.15, 0.2) is 0 Å². The molecular formula is C12H24N2O4. The number of aliphatic hydroxyl groups excluding tert-OH is 1. The average molecular weight is 260 g/mol. The van der Waals surface area contributed by atoms with Crippen molar-refractivity contribution in [2.24, 2.45) is 11.3 Å². The van der Waals surface area contributed by atoms with Crippen LogP contribution in [-0.4, -0.2) is 41.4 Å². The van der Waals surface area contributed by atoms with Crippen molar-refractivity contribution in [1.29, 1.82) is 0 Å². The summed E-state index contributed by atoms with van der Waals surface area (Å²) in [5, 5.41) is 22.4. The Morgan fingerprint density at radius 1 is 1.28 bits per heavy atom. The highest BCUT2D eigenvalue weighted by Gasteiger charge is 2.22. The number of carboxylic acids is 1. The monoisotopic (exact) mass is 260 g/mol. The predicted molar refractivity (Wildman–Crippen MR) is 68.3 cm³/mol. The first-order valence-electron chi connectivity index (χ1n) is 6.06. The van der Waals surface area contributed by atoms with E-state index in [0.29, 0.717) is 6.54 Å². The van der Waals surface area contributed by atoms with Gasteiger partial charge in [-0.25, -0.2) is 9.59 Å². The average Bonchev–Trinajstić information content (AvgIpc) is 2.23. The number of hydrogen-bond acceptors (Lipinski definition) is 3. The van der Waals surface area contributed by atoms with Crippen molar-refractivity contribution < 1.29 is 19.8 Å². The third kappa shape index (κ3) is 6.44. The molecular weight excluding hydrogens is 236 g/mol. The van der Waals surface area contributed by atoms with Gasteiger partial charge in [0.2, 0.25) is 0 Å². The minimum Gasteiger partial charge on any atom is -0.480 e. The first-order valence-corrected chi connectivity index (χ1v) is 6.06. The lowest BCUT2D eigenvalue weighted by Crippen LogP contribution is -2.48. The summed E-state index contributed by atoms with van der Waals surface area (Å²) in [6, 6.07) is -1.58. The van der Waals surface area contributed by atoms with Gasteiger partial charge >= 0.3 is 12.0 Å². The largest absolute Gasteiger partial charge is 0.480 e. The van der Waals surface area contributed by atoms with Crippen LogP contribution < -0.4 is 10.6 Å². The van der Waals surface area contributed by atoms with Crippen molar-refractivity contribution in [3.05, 3.63) is 0 Å². The van der Waals surface area contributed by atoms with Gasteiger partial charge < -0.3 is 20.8 Å². The maximum atomic E-state index is 11.5. The second-order valence-corrected chi connectivity index (χ2v) is 5.52. The van der Waals surface area contributed by atoms with Gasteiger partial charge in [-0.2, -0.15) is 0 Å². The minimum atomic E-state index is -1.15. The van der Waals surface area contributed by atoms with Gasteiger partial charge in [-0.1, -0.05) is 27.7 Å². The lowest BCUT2D eigenvalue weighted by Gasteiger charge is -2.27. The molecule has 0 saturated carbocycles. The quantitative estimate of drug-likeness (QED) is 0.568. The molecule has 0 radical (unpaired) electrons. The molecule has 4 N–H and O–H groups in total. The van der Waals surface area contributed by atoms with E-state index >= 15 is 0 Å². The molecule has 0 aliphatic carbocycles. The first-order chi connectivity index (χ1) is 8.18. The first kappa shape index (κ1) is 16.7. The zero-order valence-corrected chi connectivity index (χ0v) is 11.5. The number of aliphatic hydroxyl groups is 1. The number of amides is 2. The molecule has 6 heteroatoms. The van der Waals surface area contributed by atoms with E-state index in [0.717, 1.165) is 0 Å². The summed E-state index contributed by atoms with van der Waals surface area (Å²) in [5.41, 5.74) is 0.0740. The molecule has 0 aliphatic heterocycles. The molecule has 0 aromatic rings. The van der Waals surface area contributed by atoms with Gasteiger partial charge in [-0.05, 0) is 11.3 Å². The minimum absolute atomic E-state index is 0.00240. The number of hydrogen-bond donors (Lipinski definition) is 4. The number of urea groups is 1. The summed E-state index contributed by atoms with van der Waals surface area (Å²) < 4.78 is 0. The summed E-state index contributed by atoms with van der Waals surface area (Å²) in [7, 11) is 0. The van der Waals surface area contributed by atoms with E-state index in [4.69, 9.17) is 10.2 Å². The number of aliphatic carboxylic acids is 1. The Bertz CT molecular complexity index is 286. The number of carbonyl (C=O) groups excluding carboxylic acids is 1. The summed E-state index contributed by atoms with van der Waals surface area (Å²) in [6.45, 7) is 8.42. The molecule has 0 fully saturated rings. The van der Waals surface area contributed by atoms with E-state index in [9.17, 15) is 9.59 Å². The number of nitrogens with one attached hydrogen (secondary N) is 2. The molecule has 0 bridgehead atoms. The second-order valence-electron chi connectivity index (χ2n) is 5.52. The topological polar surface area (TPSA) is 98.7 Å². The van der Waals surface area contributed by atoms with E-state index in [1.54, 1.807) is 0 Å². The van der Waals surface area contributed by atoms with Crippen molar-refractivity contribution in [3.8, 4) is 0 Å². The highest BCUT2D eigenvalue weighted by Crippen LogP contribution is 2.24. The Labute approximate surface area is 108 Å². The van der Waals surface area contributed by atoms with Gasteiger partial charge in [-0.3, -0.25) is 0 Å². The van der Waals surface area contributed by atoms with Crippen LogP contribution in [0.2, 0.25) is 0 Å². The third-order valence-electron chi connectivity index (χ3n) is 3.07. The molecule has 0 aromatic heterocycles. The number of carboxylic acid groups (broad SMARTS) is 1. The Morgan fingerprint density at radius 2 is 1.83 bits per heavy atom. The van der Waals surface area contributed by atoms with Crippen LogP contribution in [0.25, 0.3) is 0 Å².